The molecule has 41 heavy (non-hydrogen) atoms. The van der Waals surface area contributed by atoms with Crippen LogP contribution in [-0.2, 0) is 16.1 Å². The fraction of sp³-hybridized carbons (Fsp3) is 0.467. The van der Waals surface area contributed by atoms with Crippen LogP contribution in [0.2, 0.25) is 0 Å². The Balaban J connectivity index is 1.40. The Morgan fingerprint density at radius 2 is 1.78 bits per heavy atom. The molecule has 11 heteroatoms. The number of hydrogen-bond acceptors (Lipinski definition) is 8. The van der Waals surface area contributed by atoms with E-state index in [1.807, 2.05) is 24.3 Å². The summed E-state index contributed by atoms with van der Waals surface area (Å²) < 4.78 is 12.0. The van der Waals surface area contributed by atoms with Gasteiger partial charge in [-0.2, -0.15) is 0 Å². The number of nitrogens with zero attached hydrogens (tertiary/aromatic N) is 3. The zero-order chi connectivity index (χ0) is 28.8. The number of likely N-dealkylation sites (tertiary alicyclic amines) is 1. The predicted molar refractivity (Wildman–Crippen MR) is 150 cm³/mol. The minimum atomic E-state index is -1.48. The van der Waals surface area contributed by atoms with Crippen molar-refractivity contribution in [3.05, 3.63) is 52.4 Å². The van der Waals surface area contributed by atoms with Crippen molar-refractivity contribution in [2.45, 2.75) is 44.2 Å². The number of aromatic hydroxyl groups is 1. The minimum absolute atomic E-state index is 0.212. The molecule has 2 saturated heterocycles. The van der Waals surface area contributed by atoms with Crippen molar-refractivity contribution >= 4 is 22.9 Å². The Hall–Kier alpha value is -3.96. The lowest BCUT2D eigenvalue weighted by Gasteiger charge is -2.55. The second kappa shape index (κ2) is 10.5. The zero-order valence-corrected chi connectivity index (χ0v) is 23.0. The lowest BCUT2D eigenvalue weighted by atomic mass is 9.78. The van der Waals surface area contributed by atoms with Gasteiger partial charge in [-0.05, 0) is 36.6 Å². The summed E-state index contributed by atoms with van der Waals surface area (Å²) in [6.45, 7) is 4.06. The van der Waals surface area contributed by atoms with Crippen LogP contribution in [0.25, 0.3) is 22.2 Å². The molecule has 1 saturated carbocycles. The van der Waals surface area contributed by atoms with Crippen molar-refractivity contribution in [3.63, 3.8) is 0 Å². The number of fused-ring (bicyclic) bond motifs is 1. The lowest BCUT2D eigenvalue weighted by Crippen LogP contribution is -2.66. The summed E-state index contributed by atoms with van der Waals surface area (Å²) in [7, 11) is 1.58. The van der Waals surface area contributed by atoms with Crippen LogP contribution in [0.5, 0.6) is 11.5 Å². The highest BCUT2D eigenvalue weighted by Gasteiger charge is 2.48. The smallest absolute Gasteiger partial charge is 0.329 e. The summed E-state index contributed by atoms with van der Waals surface area (Å²) in [4.78, 5) is 46.5. The van der Waals surface area contributed by atoms with Crippen LogP contribution in [0.15, 0.2) is 41.3 Å². The number of carbonyl (C=O) groups excluding carboxylic acids is 1. The standard InChI is InChI=1S/C30H34N4O7/c1-40-21-7-5-19(6-8-21)20-13-22-24(35)23(26(36)32-30(28(38)39)9-3-2-4-10-30)27(37)34(25(22)31-14-20)12-11-33-15-29(16-33)17-41-18-29/h5-8,13-14,35H,2-4,9-12,15-18H2,1H3,(H,32,36)(H,38,39). The first kappa shape index (κ1) is 27.2. The van der Waals surface area contributed by atoms with Crippen molar-refractivity contribution in [1.82, 2.24) is 19.8 Å². The quantitative estimate of drug-likeness (QED) is 0.378. The highest BCUT2D eigenvalue weighted by atomic mass is 16.5. The molecule has 1 amide bonds. The van der Waals surface area contributed by atoms with Crippen LogP contribution in [-0.4, -0.2) is 82.0 Å². The third-order valence-corrected chi connectivity index (χ3v) is 8.77. The molecule has 3 aliphatic rings. The molecule has 2 aromatic heterocycles. The monoisotopic (exact) mass is 562 g/mol. The molecular formula is C30H34N4O7. The van der Waals surface area contributed by atoms with Gasteiger partial charge in [0, 0.05) is 43.4 Å². The van der Waals surface area contributed by atoms with E-state index in [2.05, 4.69) is 15.2 Å². The van der Waals surface area contributed by atoms with Gasteiger partial charge in [0.25, 0.3) is 11.5 Å². The van der Waals surface area contributed by atoms with Crippen LogP contribution in [0.4, 0.5) is 0 Å². The molecule has 3 aromatic rings. The number of benzene rings is 1. The summed E-state index contributed by atoms with van der Waals surface area (Å²) in [5, 5.41) is 24.2. The summed E-state index contributed by atoms with van der Waals surface area (Å²) >= 11 is 0. The number of aliphatic carboxylic acids is 1. The highest BCUT2D eigenvalue weighted by molar-refractivity contribution is 6.04. The molecule has 4 heterocycles. The first-order valence-corrected chi connectivity index (χ1v) is 14.0. The van der Waals surface area contributed by atoms with Crippen LogP contribution in [0.3, 0.4) is 0 Å². The number of carboxylic acid groups (broad SMARTS) is 1. The Bertz CT molecular complexity index is 1550. The van der Waals surface area contributed by atoms with Crippen molar-refractivity contribution in [1.29, 1.82) is 0 Å². The molecule has 0 bridgehead atoms. The molecule has 1 aliphatic carbocycles. The summed E-state index contributed by atoms with van der Waals surface area (Å²) in [5.41, 5.74) is -0.688. The van der Waals surface area contributed by atoms with E-state index >= 15 is 0 Å². The largest absolute Gasteiger partial charge is 0.506 e. The van der Waals surface area contributed by atoms with Crippen molar-refractivity contribution in [3.8, 4) is 22.6 Å². The van der Waals surface area contributed by atoms with Crippen LogP contribution < -0.4 is 15.6 Å². The van der Waals surface area contributed by atoms with Gasteiger partial charge in [0.1, 0.15) is 28.2 Å². The van der Waals surface area contributed by atoms with Crippen LogP contribution >= 0.6 is 0 Å². The Kier molecular flexibility index (Phi) is 6.95. The SMILES string of the molecule is COc1ccc(-c2cnc3c(c2)c(O)c(C(=O)NC2(C(=O)O)CCCCC2)c(=O)n3CCN2CC3(COC3)C2)cc1. The van der Waals surface area contributed by atoms with Gasteiger partial charge in [-0.3, -0.25) is 14.2 Å². The average molecular weight is 563 g/mol. The second-order valence-corrected chi connectivity index (χ2v) is 11.6. The van der Waals surface area contributed by atoms with Gasteiger partial charge in [-0.15, -0.1) is 0 Å². The molecule has 216 valence electrons. The number of methoxy groups -OCH3 is 1. The molecule has 1 spiro atoms. The maximum atomic E-state index is 13.8. The van der Waals surface area contributed by atoms with E-state index in [4.69, 9.17) is 9.47 Å². The third-order valence-electron chi connectivity index (χ3n) is 8.77. The fourth-order valence-corrected chi connectivity index (χ4v) is 6.37. The predicted octanol–water partition coefficient (Wildman–Crippen LogP) is 2.63. The number of carboxylic acids is 1. The van der Waals surface area contributed by atoms with E-state index < -0.39 is 34.3 Å². The first-order valence-electron chi connectivity index (χ1n) is 14.0. The van der Waals surface area contributed by atoms with E-state index in [0.29, 0.717) is 30.7 Å². The van der Waals surface area contributed by atoms with Gasteiger partial charge in [0.15, 0.2) is 0 Å². The number of amides is 1. The van der Waals surface area contributed by atoms with Gasteiger partial charge in [0.05, 0.1) is 25.7 Å². The molecule has 0 atom stereocenters. The molecule has 11 nitrogen and oxygen atoms in total. The molecule has 0 radical (unpaired) electrons. The maximum Gasteiger partial charge on any atom is 0.329 e. The molecular weight excluding hydrogens is 528 g/mol. The first-order chi connectivity index (χ1) is 19.7. The summed E-state index contributed by atoms with van der Waals surface area (Å²) in [5.74, 6) is -1.85. The Morgan fingerprint density at radius 1 is 1.07 bits per heavy atom. The van der Waals surface area contributed by atoms with Crippen molar-refractivity contribution < 1.29 is 29.3 Å². The minimum Gasteiger partial charge on any atom is -0.506 e. The van der Waals surface area contributed by atoms with Crippen molar-refractivity contribution in [2.24, 2.45) is 5.41 Å². The summed E-state index contributed by atoms with van der Waals surface area (Å²) in [6.07, 6.45) is 4.34. The molecule has 1 aromatic carbocycles. The van der Waals surface area contributed by atoms with E-state index in [-0.39, 0.29) is 35.8 Å². The molecule has 3 fully saturated rings. The average Bonchev–Trinajstić information content (AvgIpc) is 2.93. The molecule has 0 unspecified atom stereocenters. The number of aromatic nitrogens is 2. The van der Waals surface area contributed by atoms with Crippen LogP contribution in [0, 0.1) is 5.41 Å². The topological polar surface area (TPSA) is 143 Å². The van der Waals surface area contributed by atoms with E-state index in [1.165, 1.54) is 4.57 Å². The van der Waals surface area contributed by atoms with Gasteiger partial charge in [-0.1, -0.05) is 31.4 Å². The lowest BCUT2D eigenvalue weighted by molar-refractivity contribution is -0.189. The van der Waals surface area contributed by atoms with E-state index in [0.717, 1.165) is 38.3 Å². The molecule has 6 rings (SSSR count). The molecule has 3 N–H and O–H groups in total. The molecule has 2 aliphatic heterocycles. The number of hydrogen-bond donors (Lipinski definition) is 3. The normalized spacial score (nSPS) is 19.3. The van der Waals surface area contributed by atoms with Gasteiger partial charge < -0.3 is 29.9 Å². The van der Waals surface area contributed by atoms with E-state index in [9.17, 15) is 24.6 Å². The zero-order valence-electron chi connectivity index (χ0n) is 23.0. The highest BCUT2D eigenvalue weighted by Crippen LogP contribution is 2.37. The van der Waals surface area contributed by atoms with Gasteiger partial charge in [-0.25, -0.2) is 9.78 Å². The number of carbonyl (C=O) groups is 2. The second-order valence-electron chi connectivity index (χ2n) is 11.6. The number of pyridine rings is 2. The van der Waals surface area contributed by atoms with Crippen LogP contribution in [0.1, 0.15) is 42.5 Å². The Labute approximate surface area is 236 Å². The number of ether oxygens (including phenoxy) is 2. The maximum absolute atomic E-state index is 13.8. The third kappa shape index (κ3) is 4.82. The Morgan fingerprint density at radius 3 is 2.39 bits per heavy atom. The number of rotatable bonds is 8. The van der Waals surface area contributed by atoms with Gasteiger partial charge >= 0.3 is 5.97 Å². The van der Waals surface area contributed by atoms with E-state index in [1.54, 1.807) is 19.4 Å². The fourth-order valence-electron chi connectivity index (χ4n) is 6.37. The van der Waals surface area contributed by atoms with Crippen molar-refractivity contribution in [2.75, 3.05) is 40.0 Å². The van der Waals surface area contributed by atoms with Gasteiger partial charge in [0.2, 0.25) is 0 Å². The number of nitrogens with one attached hydrogen (secondary N) is 1. The summed E-state index contributed by atoms with van der Waals surface area (Å²) in [6, 6.07) is 9.02.